The number of nitrogens with zero attached hydrogens (tertiary/aromatic N) is 1. The average Bonchev–Trinajstić information content (AvgIpc) is 3.20. The molecule has 2 unspecified atom stereocenters. The molecular weight excluding hydrogens is 774 g/mol. The third-order valence-corrected chi connectivity index (χ3v) is 11.7. The number of hydrogen-bond acceptors (Lipinski definition) is 7. The van der Waals surface area contributed by atoms with Gasteiger partial charge in [-0.25, -0.2) is 4.57 Å². The third kappa shape index (κ3) is 45.7. The molecule has 0 aromatic rings. The minimum Gasteiger partial charge on any atom is -0.462 e. The molecule has 9 nitrogen and oxygen atoms in total. The fraction of sp³-hybridized carbons (Fsp3) is 0.840. The average molecular weight is 869 g/mol. The van der Waals surface area contributed by atoms with Gasteiger partial charge in [0.2, 0.25) is 0 Å². The van der Waals surface area contributed by atoms with Crippen molar-refractivity contribution in [1.29, 1.82) is 0 Å². The Kier molecular flexibility index (Phi) is 41.3. The van der Waals surface area contributed by atoms with Crippen molar-refractivity contribution in [2.24, 2.45) is 0 Å². The van der Waals surface area contributed by atoms with Gasteiger partial charge in [-0.15, -0.1) is 0 Å². The van der Waals surface area contributed by atoms with Gasteiger partial charge in [0.15, 0.2) is 6.10 Å². The summed E-state index contributed by atoms with van der Waals surface area (Å²) in [7, 11) is 1.48. The molecule has 0 saturated heterocycles. The van der Waals surface area contributed by atoms with Crippen LogP contribution in [0.2, 0.25) is 0 Å². The van der Waals surface area contributed by atoms with Crippen LogP contribution in [0.25, 0.3) is 0 Å². The number of allylic oxidation sites excluding steroid dienone is 6. The highest BCUT2D eigenvalue weighted by molar-refractivity contribution is 7.47. The van der Waals surface area contributed by atoms with Gasteiger partial charge in [-0.2, -0.15) is 0 Å². The smallest absolute Gasteiger partial charge is 0.462 e. The lowest BCUT2D eigenvalue weighted by Gasteiger charge is -2.24. The van der Waals surface area contributed by atoms with Crippen molar-refractivity contribution in [3.63, 3.8) is 0 Å². The van der Waals surface area contributed by atoms with Gasteiger partial charge in [-0.3, -0.25) is 18.6 Å². The fourth-order valence-corrected chi connectivity index (χ4v) is 7.53. The molecule has 60 heavy (non-hydrogen) atoms. The number of phosphoric acid groups is 1. The summed E-state index contributed by atoms with van der Waals surface area (Å²) in [5.41, 5.74) is 0. The summed E-state index contributed by atoms with van der Waals surface area (Å²) in [6.07, 6.45) is 49.0. The zero-order chi connectivity index (χ0) is 44.3. The number of likely N-dealkylation sites (N-methyl/N-ethyl adjacent to an activating group) is 1. The lowest BCUT2D eigenvalue weighted by Crippen LogP contribution is -2.37. The van der Waals surface area contributed by atoms with E-state index in [1.807, 2.05) is 21.1 Å². The normalized spacial score (nSPS) is 13.8. The molecule has 0 aliphatic rings. The topological polar surface area (TPSA) is 108 Å². The number of unbranched alkanes of at least 4 members (excludes halogenated alkanes) is 25. The molecule has 0 aromatic carbocycles. The first kappa shape index (κ1) is 58.2. The zero-order valence-corrected chi connectivity index (χ0v) is 40.6. The maximum absolute atomic E-state index is 12.7. The second-order valence-electron chi connectivity index (χ2n) is 17.9. The van der Waals surface area contributed by atoms with E-state index in [-0.39, 0.29) is 25.6 Å². The first-order valence-corrected chi connectivity index (χ1v) is 26.2. The molecule has 10 heteroatoms. The quantitative estimate of drug-likeness (QED) is 0.0212. The molecule has 2 atom stereocenters. The Labute approximate surface area is 370 Å². The molecule has 0 spiro atoms. The molecule has 0 radical (unpaired) electrons. The monoisotopic (exact) mass is 869 g/mol. The molecule has 0 saturated carbocycles. The Hall–Kier alpha value is -1.77. The van der Waals surface area contributed by atoms with E-state index in [2.05, 4.69) is 50.3 Å². The first-order chi connectivity index (χ1) is 29.0. The molecular formula is C50H95NO8P+. The number of phosphoric ester groups is 1. The summed E-state index contributed by atoms with van der Waals surface area (Å²) < 4.78 is 34.4. The van der Waals surface area contributed by atoms with Crippen molar-refractivity contribution in [2.75, 3.05) is 47.5 Å². The van der Waals surface area contributed by atoms with Crippen LogP contribution in [0.3, 0.4) is 0 Å². The second kappa shape index (κ2) is 42.5. The van der Waals surface area contributed by atoms with E-state index < -0.39 is 26.5 Å². The Morgan fingerprint density at radius 2 is 0.900 bits per heavy atom. The molecule has 0 heterocycles. The van der Waals surface area contributed by atoms with E-state index in [4.69, 9.17) is 18.5 Å². The van der Waals surface area contributed by atoms with Gasteiger partial charge in [-0.05, 0) is 51.4 Å². The molecule has 1 N–H and O–H groups in total. The summed E-state index contributed by atoms with van der Waals surface area (Å²) in [5, 5.41) is 0. The molecule has 0 fully saturated rings. The summed E-state index contributed by atoms with van der Waals surface area (Å²) in [4.78, 5) is 35.5. The SMILES string of the molecule is CCCCCCC/C=C\C/C=C\C/C=C\CCCCCCCCCCC(=O)OC(COC(=O)CCCCCCCCCCCCCCC)COP(=O)(O)OCC[N+](C)(C)C. The fourth-order valence-electron chi connectivity index (χ4n) is 6.79. The lowest BCUT2D eigenvalue weighted by molar-refractivity contribution is -0.870. The van der Waals surface area contributed by atoms with Crippen molar-refractivity contribution in [1.82, 2.24) is 0 Å². The molecule has 0 aliphatic carbocycles. The maximum atomic E-state index is 12.7. The van der Waals surface area contributed by atoms with Crippen LogP contribution in [-0.4, -0.2) is 74.9 Å². The number of ether oxygens (including phenoxy) is 2. The van der Waals surface area contributed by atoms with Crippen molar-refractivity contribution in [2.45, 2.75) is 225 Å². The molecule has 352 valence electrons. The number of esters is 2. The van der Waals surface area contributed by atoms with Gasteiger partial charge in [0, 0.05) is 12.8 Å². The van der Waals surface area contributed by atoms with Crippen LogP contribution in [0.1, 0.15) is 219 Å². The van der Waals surface area contributed by atoms with Crippen molar-refractivity contribution in [3.05, 3.63) is 36.5 Å². The second-order valence-corrected chi connectivity index (χ2v) is 19.3. The Morgan fingerprint density at radius 3 is 1.33 bits per heavy atom. The van der Waals surface area contributed by atoms with Gasteiger partial charge in [0.05, 0.1) is 27.7 Å². The van der Waals surface area contributed by atoms with Crippen LogP contribution >= 0.6 is 7.82 Å². The van der Waals surface area contributed by atoms with Crippen LogP contribution in [0.4, 0.5) is 0 Å². The number of rotatable bonds is 45. The zero-order valence-electron chi connectivity index (χ0n) is 39.7. The van der Waals surface area contributed by atoms with E-state index in [0.717, 1.165) is 57.8 Å². The number of hydrogen-bond donors (Lipinski definition) is 1. The Morgan fingerprint density at radius 1 is 0.517 bits per heavy atom. The minimum absolute atomic E-state index is 0.0309. The van der Waals surface area contributed by atoms with Gasteiger partial charge >= 0.3 is 19.8 Å². The van der Waals surface area contributed by atoms with Gasteiger partial charge in [0.1, 0.15) is 19.8 Å². The predicted molar refractivity (Wildman–Crippen MR) is 252 cm³/mol. The van der Waals surface area contributed by atoms with E-state index in [1.54, 1.807) is 0 Å². The molecule has 0 amide bonds. The maximum Gasteiger partial charge on any atom is 0.472 e. The number of carbonyl (C=O) groups excluding carboxylic acids is 2. The highest BCUT2D eigenvalue weighted by Crippen LogP contribution is 2.43. The third-order valence-electron chi connectivity index (χ3n) is 10.7. The predicted octanol–water partition coefficient (Wildman–Crippen LogP) is 14.5. The van der Waals surface area contributed by atoms with Crippen molar-refractivity contribution >= 4 is 19.8 Å². The minimum atomic E-state index is -4.38. The number of quaternary nitrogens is 1. The summed E-state index contributed by atoms with van der Waals surface area (Å²) >= 11 is 0. The molecule has 0 aromatic heterocycles. The lowest BCUT2D eigenvalue weighted by atomic mass is 10.0. The molecule has 0 bridgehead atoms. The van der Waals surface area contributed by atoms with E-state index in [1.165, 1.54) is 128 Å². The van der Waals surface area contributed by atoms with Crippen LogP contribution in [0, 0.1) is 0 Å². The van der Waals surface area contributed by atoms with Gasteiger partial charge < -0.3 is 18.9 Å². The standard InChI is InChI=1S/C50H94NO8P/c1-6-8-10-12-14-16-18-20-21-22-23-24-25-26-27-28-29-31-33-35-37-39-41-43-50(53)59-48(47-58-60(54,55)57-45-44-51(3,4)5)46-56-49(52)42-40-38-36-34-32-30-19-17-15-13-11-9-7-2/h18,20,22-23,25-26,48H,6-17,19,21,24,27-47H2,1-5H3/p+1/b20-18-,23-22-,26-25-. The Bertz CT molecular complexity index is 1120. The largest absolute Gasteiger partial charge is 0.472 e. The number of carbonyl (C=O) groups is 2. The van der Waals surface area contributed by atoms with Crippen LogP contribution < -0.4 is 0 Å². The van der Waals surface area contributed by atoms with Gasteiger partial charge in [0.25, 0.3) is 0 Å². The summed E-state index contributed by atoms with van der Waals surface area (Å²) in [5.74, 6) is -0.800. The van der Waals surface area contributed by atoms with E-state index in [0.29, 0.717) is 23.9 Å². The summed E-state index contributed by atoms with van der Waals surface area (Å²) in [6, 6.07) is 0. The highest BCUT2D eigenvalue weighted by atomic mass is 31.2. The van der Waals surface area contributed by atoms with Crippen molar-refractivity contribution < 1.29 is 42.1 Å². The van der Waals surface area contributed by atoms with Crippen LogP contribution in [0.5, 0.6) is 0 Å². The molecule has 0 aliphatic heterocycles. The first-order valence-electron chi connectivity index (χ1n) is 24.7. The summed E-state index contributed by atoms with van der Waals surface area (Å²) in [6.45, 7) is 4.42. The van der Waals surface area contributed by atoms with Crippen LogP contribution in [-0.2, 0) is 32.7 Å². The highest BCUT2D eigenvalue weighted by Gasteiger charge is 2.27. The van der Waals surface area contributed by atoms with Gasteiger partial charge in [-0.1, -0.05) is 192 Å². The van der Waals surface area contributed by atoms with E-state index in [9.17, 15) is 19.0 Å². The van der Waals surface area contributed by atoms with E-state index >= 15 is 0 Å². The van der Waals surface area contributed by atoms with Crippen LogP contribution in [0.15, 0.2) is 36.5 Å². The van der Waals surface area contributed by atoms with Crippen molar-refractivity contribution in [3.8, 4) is 0 Å². The molecule has 0 rings (SSSR count). The Balaban J connectivity index is 4.26.